The average molecular weight is 287 g/mol. The molecule has 2 aromatic carbocycles. The molecule has 5 heteroatoms. The predicted molar refractivity (Wildman–Crippen MR) is 79.6 cm³/mol. The van der Waals surface area contributed by atoms with E-state index in [0.29, 0.717) is 28.5 Å². The van der Waals surface area contributed by atoms with Crippen molar-refractivity contribution in [2.75, 3.05) is 20.0 Å². The number of carbonyl (C=O) groups is 1. The van der Waals surface area contributed by atoms with Gasteiger partial charge in [0.2, 0.25) is 0 Å². The second kappa shape index (κ2) is 6.65. The summed E-state index contributed by atoms with van der Waals surface area (Å²) in [5, 5.41) is 0. The highest BCUT2D eigenvalue weighted by molar-refractivity contribution is 5.73. The van der Waals surface area contributed by atoms with E-state index in [1.54, 1.807) is 37.4 Å². The third kappa shape index (κ3) is 3.66. The molecule has 110 valence electrons. The molecule has 0 saturated carbocycles. The molecule has 0 bridgehead atoms. The molecule has 2 N–H and O–H groups in total. The van der Waals surface area contributed by atoms with Crippen molar-refractivity contribution in [3.63, 3.8) is 0 Å². The van der Waals surface area contributed by atoms with Crippen LogP contribution < -0.4 is 15.2 Å². The maximum absolute atomic E-state index is 11.5. The van der Waals surface area contributed by atoms with Crippen molar-refractivity contribution in [2.45, 2.75) is 6.42 Å². The number of hydrogen-bond donors (Lipinski definition) is 1. The minimum Gasteiger partial charge on any atom is -0.497 e. The Labute approximate surface area is 123 Å². The van der Waals surface area contributed by atoms with E-state index in [9.17, 15) is 4.79 Å². The van der Waals surface area contributed by atoms with Gasteiger partial charge in [-0.2, -0.15) is 0 Å². The van der Waals surface area contributed by atoms with Gasteiger partial charge >= 0.3 is 5.97 Å². The largest absolute Gasteiger partial charge is 0.497 e. The first-order valence-electron chi connectivity index (χ1n) is 6.40. The van der Waals surface area contributed by atoms with Crippen molar-refractivity contribution in [3.05, 3.63) is 48.0 Å². The Balaban J connectivity index is 2.35. The van der Waals surface area contributed by atoms with E-state index in [4.69, 9.17) is 15.2 Å². The molecular formula is C16H17NO4. The molecule has 0 aromatic heterocycles. The number of carbonyl (C=O) groups excluding carboxylic acids is 1. The first-order chi connectivity index (χ1) is 10.1. The van der Waals surface area contributed by atoms with Crippen LogP contribution in [0.5, 0.6) is 17.2 Å². The zero-order valence-electron chi connectivity index (χ0n) is 12.0. The Hall–Kier alpha value is -2.69. The minimum atomic E-state index is -0.342. The number of nitrogens with two attached hydrogens (primary N) is 1. The van der Waals surface area contributed by atoms with Gasteiger partial charge in [-0.05, 0) is 18.2 Å². The monoisotopic (exact) mass is 287 g/mol. The molecule has 0 amide bonds. The number of nitrogen functional groups attached to an aromatic ring is 1. The van der Waals surface area contributed by atoms with Crippen LogP contribution in [0.1, 0.15) is 5.56 Å². The molecule has 0 aliphatic rings. The molecule has 0 unspecified atom stereocenters. The lowest BCUT2D eigenvalue weighted by atomic mass is 10.1. The van der Waals surface area contributed by atoms with Crippen molar-refractivity contribution >= 4 is 11.7 Å². The fourth-order valence-electron chi connectivity index (χ4n) is 1.82. The number of anilines is 1. The topological polar surface area (TPSA) is 70.8 Å². The van der Waals surface area contributed by atoms with Crippen LogP contribution in [0.3, 0.4) is 0 Å². The third-order valence-corrected chi connectivity index (χ3v) is 2.98. The maximum atomic E-state index is 11.5. The highest BCUT2D eigenvalue weighted by Crippen LogP contribution is 2.32. The van der Waals surface area contributed by atoms with E-state index in [1.165, 1.54) is 7.11 Å². The zero-order valence-corrected chi connectivity index (χ0v) is 12.0. The molecule has 0 aliphatic heterocycles. The highest BCUT2D eigenvalue weighted by atomic mass is 16.5. The van der Waals surface area contributed by atoms with Crippen LogP contribution in [0.4, 0.5) is 5.69 Å². The van der Waals surface area contributed by atoms with Crippen molar-refractivity contribution in [1.82, 2.24) is 0 Å². The van der Waals surface area contributed by atoms with Gasteiger partial charge in [-0.15, -0.1) is 0 Å². The number of ether oxygens (including phenoxy) is 3. The van der Waals surface area contributed by atoms with E-state index in [2.05, 4.69) is 4.74 Å². The van der Waals surface area contributed by atoms with Crippen LogP contribution in [0.15, 0.2) is 42.5 Å². The number of esters is 1. The number of methoxy groups -OCH3 is 2. The number of benzene rings is 2. The maximum Gasteiger partial charge on any atom is 0.310 e. The molecule has 0 saturated heterocycles. The van der Waals surface area contributed by atoms with Gasteiger partial charge < -0.3 is 19.9 Å². The minimum absolute atomic E-state index is 0.114. The summed E-state index contributed by atoms with van der Waals surface area (Å²) in [7, 11) is 2.91. The summed E-state index contributed by atoms with van der Waals surface area (Å²) in [6.45, 7) is 0. The van der Waals surface area contributed by atoms with Crippen LogP contribution in [0.25, 0.3) is 0 Å². The molecule has 21 heavy (non-hydrogen) atoms. The van der Waals surface area contributed by atoms with E-state index in [-0.39, 0.29) is 12.4 Å². The van der Waals surface area contributed by atoms with Crippen molar-refractivity contribution < 1.29 is 19.0 Å². The Morgan fingerprint density at radius 2 is 1.86 bits per heavy atom. The lowest BCUT2D eigenvalue weighted by Gasteiger charge is -2.13. The molecule has 0 fully saturated rings. The second-order valence-electron chi connectivity index (χ2n) is 4.37. The molecule has 0 heterocycles. The number of rotatable bonds is 5. The van der Waals surface area contributed by atoms with E-state index in [0.717, 1.165) is 0 Å². The summed E-state index contributed by atoms with van der Waals surface area (Å²) < 4.78 is 15.7. The van der Waals surface area contributed by atoms with Crippen LogP contribution in [0.2, 0.25) is 0 Å². The fraction of sp³-hybridized carbons (Fsp3) is 0.188. The van der Waals surface area contributed by atoms with Gasteiger partial charge in [0.25, 0.3) is 0 Å². The summed E-state index contributed by atoms with van der Waals surface area (Å²) in [4.78, 5) is 11.5. The van der Waals surface area contributed by atoms with E-state index < -0.39 is 0 Å². The van der Waals surface area contributed by atoms with Gasteiger partial charge in [0.15, 0.2) is 0 Å². The van der Waals surface area contributed by atoms with Gasteiger partial charge in [-0.1, -0.05) is 18.2 Å². The lowest BCUT2D eigenvalue weighted by Crippen LogP contribution is -2.06. The average Bonchev–Trinajstić information content (AvgIpc) is 2.51. The quantitative estimate of drug-likeness (QED) is 0.676. The fourth-order valence-corrected chi connectivity index (χ4v) is 1.82. The first-order valence-corrected chi connectivity index (χ1v) is 6.40. The molecule has 2 rings (SSSR count). The molecule has 5 nitrogen and oxygen atoms in total. The standard InChI is InChI=1S/C16H17NO4/c1-19-12-8-7-11(9-16(18)20-2)15(10-12)21-14-6-4-3-5-13(14)17/h3-8,10H,9,17H2,1-2H3. The van der Waals surface area contributed by atoms with Crippen LogP contribution >= 0.6 is 0 Å². The van der Waals surface area contributed by atoms with Crippen LogP contribution in [0, 0.1) is 0 Å². The van der Waals surface area contributed by atoms with Gasteiger partial charge in [-0.3, -0.25) is 4.79 Å². The normalized spacial score (nSPS) is 10.0. The Morgan fingerprint density at radius 3 is 2.52 bits per heavy atom. The van der Waals surface area contributed by atoms with Crippen molar-refractivity contribution in [2.24, 2.45) is 0 Å². The van der Waals surface area contributed by atoms with Crippen LogP contribution in [-0.4, -0.2) is 20.2 Å². The smallest absolute Gasteiger partial charge is 0.310 e. The second-order valence-corrected chi connectivity index (χ2v) is 4.37. The zero-order chi connectivity index (χ0) is 15.2. The molecule has 0 spiro atoms. The molecule has 2 aromatic rings. The van der Waals surface area contributed by atoms with Gasteiger partial charge in [0.05, 0.1) is 26.3 Å². The molecular weight excluding hydrogens is 270 g/mol. The summed E-state index contributed by atoms with van der Waals surface area (Å²) in [5.41, 5.74) is 7.09. The van der Waals surface area contributed by atoms with E-state index in [1.807, 2.05) is 12.1 Å². The molecule has 0 aliphatic carbocycles. The SMILES string of the molecule is COC(=O)Cc1ccc(OC)cc1Oc1ccccc1N. The summed E-state index contributed by atoms with van der Waals surface area (Å²) in [5.74, 6) is 1.33. The lowest BCUT2D eigenvalue weighted by molar-refractivity contribution is -0.139. The summed E-state index contributed by atoms with van der Waals surface area (Å²) in [6.07, 6.45) is 0.114. The summed E-state index contributed by atoms with van der Waals surface area (Å²) in [6, 6.07) is 12.4. The van der Waals surface area contributed by atoms with Crippen LogP contribution in [-0.2, 0) is 16.0 Å². The Morgan fingerprint density at radius 1 is 1.10 bits per heavy atom. The van der Waals surface area contributed by atoms with Gasteiger partial charge in [-0.25, -0.2) is 0 Å². The first kappa shape index (κ1) is 14.7. The number of hydrogen-bond acceptors (Lipinski definition) is 5. The van der Waals surface area contributed by atoms with E-state index >= 15 is 0 Å². The third-order valence-electron chi connectivity index (χ3n) is 2.98. The van der Waals surface area contributed by atoms with Gasteiger partial charge in [0.1, 0.15) is 17.2 Å². The number of para-hydroxylation sites is 2. The summed E-state index contributed by atoms with van der Waals surface area (Å²) >= 11 is 0. The molecule has 0 atom stereocenters. The predicted octanol–water partition coefficient (Wildman–Crippen LogP) is 2.79. The van der Waals surface area contributed by atoms with Gasteiger partial charge in [0, 0.05) is 11.6 Å². The molecule has 0 radical (unpaired) electrons. The Bertz CT molecular complexity index is 640. The Kier molecular flexibility index (Phi) is 4.66. The van der Waals surface area contributed by atoms with Crippen molar-refractivity contribution in [3.8, 4) is 17.2 Å². The van der Waals surface area contributed by atoms with Crippen molar-refractivity contribution in [1.29, 1.82) is 0 Å². The highest BCUT2D eigenvalue weighted by Gasteiger charge is 2.12.